The molecule has 0 N–H and O–H groups in total. The molecule has 0 amide bonds. The van der Waals surface area contributed by atoms with E-state index in [1.54, 1.807) is 0 Å². The van der Waals surface area contributed by atoms with Gasteiger partial charge in [0.1, 0.15) is 0 Å². The van der Waals surface area contributed by atoms with E-state index in [0.717, 1.165) is 6.42 Å². The van der Waals surface area contributed by atoms with Gasteiger partial charge >= 0.3 is 0 Å². The summed E-state index contributed by atoms with van der Waals surface area (Å²) in [6, 6.07) is 44.3. The predicted octanol–water partition coefficient (Wildman–Crippen LogP) is 9.34. The standard InChI is InChI=1S/C35H31N/c1-35(2,3)29-19-21-34-32(24-29)31-23-28(18-20-33(31)36(34)30-12-8-5-9-13-30)27-16-14-26(15-17-27)22-25-10-6-4-7-11-25/h4-21,23-24H,22H2,1-3H3. The smallest absolute Gasteiger partial charge is 0.0541 e. The molecular formula is C35H31N. The van der Waals surface area contributed by atoms with Gasteiger partial charge in [-0.3, -0.25) is 0 Å². The highest BCUT2D eigenvalue weighted by Crippen LogP contribution is 2.37. The SMILES string of the molecule is CC(C)(C)c1ccc2c(c1)c1cc(-c3ccc(Cc4ccccc4)cc3)ccc1n2-c1ccccc1. The van der Waals surface area contributed by atoms with E-state index in [1.165, 1.54) is 55.3 Å². The maximum Gasteiger partial charge on any atom is 0.0541 e. The van der Waals surface area contributed by atoms with Gasteiger partial charge in [0.05, 0.1) is 11.0 Å². The summed E-state index contributed by atoms with van der Waals surface area (Å²) in [6.07, 6.45) is 0.959. The molecule has 6 rings (SSSR count). The Morgan fingerprint density at radius 3 is 1.75 bits per heavy atom. The maximum atomic E-state index is 2.39. The lowest BCUT2D eigenvalue weighted by Crippen LogP contribution is -2.10. The van der Waals surface area contributed by atoms with Crippen LogP contribution >= 0.6 is 0 Å². The van der Waals surface area contributed by atoms with Gasteiger partial charge in [0.2, 0.25) is 0 Å². The molecule has 0 saturated carbocycles. The molecule has 5 aromatic carbocycles. The Balaban J connectivity index is 1.48. The van der Waals surface area contributed by atoms with Gasteiger partial charge < -0.3 is 4.57 Å². The molecule has 0 aliphatic heterocycles. The van der Waals surface area contributed by atoms with Gasteiger partial charge in [0.15, 0.2) is 0 Å². The number of benzene rings is 5. The maximum absolute atomic E-state index is 2.39. The van der Waals surface area contributed by atoms with Crippen molar-refractivity contribution in [2.75, 3.05) is 0 Å². The third-order valence-corrected chi connectivity index (χ3v) is 7.18. The van der Waals surface area contributed by atoms with E-state index in [1.807, 2.05) is 0 Å². The van der Waals surface area contributed by atoms with Crippen LogP contribution in [0, 0.1) is 0 Å². The van der Waals surface area contributed by atoms with Crippen LogP contribution in [-0.2, 0) is 11.8 Å². The Labute approximate surface area is 213 Å². The van der Waals surface area contributed by atoms with Gasteiger partial charge in [-0.15, -0.1) is 0 Å². The molecular weight excluding hydrogens is 434 g/mol. The first kappa shape index (κ1) is 22.4. The molecule has 6 aromatic rings. The summed E-state index contributed by atoms with van der Waals surface area (Å²) in [5.41, 5.74) is 10.3. The molecule has 176 valence electrons. The third-order valence-electron chi connectivity index (χ3n) is 7.18. The molecule has 0 bridgehead atoms. The molecule has 0 spiro atoms. The van der Waals surface area contributed by atoms with Crippen LogP contribution < -0.4 is 0 Å². The molecule has 0 aliphatic carbocycles. The summed E-state index contributed by atoms with van der Waals surface area (Å²) >= 11 is 0. The number of nitrogens with zero attached hydrogens (tertiary/aromatic N) is 1. The molecule has 1 aromatic heterocycles. The Bertz CT molecular complexity index is 1650. The lowest BCUT2D eigenvalue weighted by atomic mass is 9.86. The zero-order valence-corrected chi connectivity index (χ0v) is 21.2. The lowest BCUT2D eigenvalue weighted by Gasteiger charge is -2.19. The lowest BCUT2D eigenvalue weighted by molar-refractivity contribution is 0.591. The summed E-state index contributed by atoms with van der Waals surface area (Å²) in [4.78, 5) is 0. The van der Waals surface area contributed by atoms with Crippen molar-refractivity contribution in [1.29, 1.82) is 0 Å². The molecule has 0 fully saturated rings. The van der Waals surface area contributed by atoms with Crippen molar-refractivity contribution < 1.29 is 0 Å². The number of hydrogen-bond donors (Lipinski definition) is 0. The fourth-order valence-corrected chi connectivity index (χ4v) is 5.17. The average Bonchev–Trinajstić information content (AvgIpc) is 3.23. The van der Waals surface area contributed by atoms with Gasteiger partial charge in [-0.25, -0.2) is 0 Å². The topological polar surface area (TPSA) is 4.93 Å². The number of para-hydroxylation sites is 1. The molecule has 0 unspecified atom stereocenters. The number of fused-ring (bicyclic) bond motifs is 3. The van der Waals surface area contributed by atoms with E-state index < -0.39 is 0 Å². The van der Waals surface area contributed by atoms with Crippen molar-refractivity contribution >= 4 is 21.8 Å². The highest BCUT2D eigenvalue weighted by atomic mass is 15.0. The average molecular weight is 466 g/mol. The number of hydrogen-bond acceptors (Lipinski definition) is 0. The van der Waals surface area contributed by atoms with Gasteiger partial charge in [0.25, 0.3) is 0 Å². The van der Waals surface area contributed by atoms with Crippen molar-refractivity contribution in [2.45, 2.75) is 32.6 Å². The largest absolute Gasteiger partial charge is 0.309 e. The van der Waals surface area contributed by atoms with Crippen molar-refractivity contribution in [3.63, 3.8) is 0 Å². The molecule has 36 heavy (non-hydrogen) atoms. The first-order chi connectivity index (χ1) is 17.5. The minimum absolute atomic E-state index is 0.0988. The third kappa shape index (κ3) is 4.12. The predicted molar refractivity (Wildman–Crippen MR) is 154 cm³/mol. The Kier molecular flexibility index (Phi) is 5.49. The zero-order valence-electron chi connectivity index (χ0n) is 21.2. The summed E-state index contributed by atoms with van der Waals surface area (Å²) in [6.45, 7) is 6.85. The van der Waals surface area contributed by atoms with Crippen molar-refractivity contribution in [3.8, 4) is 16.8 Å². The van der Waals surface area contributed by atoms with E-state index in [-0.39, 0.29) is 5.41 Å². The van der Waals surface area contributed by atoms with Gasteiger partial charge in [-0.2, -0.15) is 0 Å². The quantitative estimate of drug-likeness (QED) is 0.244. The van der Waals surface area contributed by atoms with E-state index in [0.29, 0.717) is 0 Å². The normalized spacial score (nSPS) is 11.9. The highest BCUT2D eigenvalue weighted by Gasteiger charge is 2.18. The van der Waals surface area contributed by atoms with Crippen LogP contribution in [0.5, 0.6) is 0 Å². The zero-order chi connectivity index (χ0) is 24.7. The molecule has 1 heteroatoms. The van der Waals surface area contributed by atoms with Gasteiger partial charge in [0, 0.05) is 16.5 Å². The Morgan fingerprint density at radius 1 is 0.528 bits per heavy atom. The fourth-order valence-electron chi connectivity index (χ4n) is 5.17. The fraction of sp³-hybridized carbons (Fsp3) is 0.143. The van der Waals surface area contributed by atoms with Crippen molar-refractivity contribution in [2.24, 2.45) is 0 Å². The minimum atomic E-state index is 0.0988. The van der Waals surface area contributed by atoms with Gasteiger partial charge in [-0.1, -0.05) is 106 Å². The summed E-state index contributed by atoms with van der Waals surface area (Å²) in [5.74, 6) is 0. The monoisotopic (exact) mass is 465 g/mol. The summed E-state index contributed by atoms with van der Waals surface area (Å²) < 4.78 is 2.39. The second kappa shape index (κ2) is 8.84. The Morgan fingerprint density at radius 2 is 1.08 bits per heavy atom. The van der Waals surface area contributed by atoms with Crippen LogP contribution in [0.4, 0.5) is 0 Å². The van der Waals surface area contributed by atoms with Gasteiger partial charge in [-0.05, 0) is 76.1 Å². The van der Waals surface area contributed by atoms with Crippen LogP contribution in [-0.4, -0.2) is 4.57 Å². The van der Waals surface area contributed by atoms with Crippen LogP contribution in [0.1, 0.15) is 37.5 Å². The van der Waals surface area contributed by atoms with Crippen molar-refractivity contribution in [1.82, 2.24) is 4.57 Å². The molecule has 0 atom stereocenters. The second-order valence-corrected chi connectivity index (χ2v) is 10.7. The van der Waals surface area contributed by atoms with Crippen LogP contribution in [0.15, 0.2) is 121 Å². The summed E-state index contributed by atoms with van der Waals surface area (Å²) in [5, 5.41) is 2.61. The molecule has 0 radical (unpaired) electrons. The van der Waals surface area contributed by atoms with E-state index >= 15 is 0 Å². The first-order valence-electron chi connectivity index (χ1n) is 12.7. The van der Waals surface area contributed by atoms with E-state index in [2.05, 4.69) is 147 Å². The van der Waals surface area contributed by atoms with E-state index in [9.17, 15) is 0 Å². The van der Waals surface area contributed by atoms with Crippen LogP contribution in [0.25, 0.3) is 38.6 Å². The number of aromatic nitrogens is 1. The first-order valence-corrected chi connectivity index (χ1v) is 12.7. The number of rotatable bonds is 4. The molecule has 1 heterocycles. The molecule has 1 nitrogen and oxygen atoms in total. The minimum Gasteiger partial charge on any atom is -0.309 e. The van der Waals surface area contributed by atoms with Crippen LogP contribution in [0.3, 0.4) is 0 Å². The second-order valence-electron chi connectivity index (χ2n) is 10.7. The molecule has 0 aliphatic rings. The Hall–Kier alpha value is -4.10. The molecule has 0 saturated heterocycles. The van der Waals surface area contributed by atoms with Crippen molar-refractivity contribution in [3.05, 3.63) is 138 Å². The summed E-state index contributed by atoms with van der Waals surface area (Å²) in [7, 11) is 0. The highest BCUT2D eigenvalue weighted by molar-refractivity contribution is 6.10. The van der Waals surface area contributed by atoms with E-state index in [4.69, 9.17) is 0 Å². The van der Waals surface area contributed by atoms with Crippen LogP contribution in [0.2, 0.25) is 0 Å².